The Kier molecular flexibility index (Phi) is 6.13. The molecule has 8 heteroatoms. The fraction of sp³-hybridized carbons (Fsp3) is 0.545. The quantitative estimate of drug-likeness (QED) is 0.811. The zero-order chi connectivity index (χ0) is 21.1. The van der Waals surface area contributed by atoms with E-state index in [1.807, 2.05) is 42.4 Å². The molecule has 2 saturated heterocycles. The fourth-order valence-electron chi connectivity index (χ4n) is 4.13. The fourth-order valence-corrected chi connectivity index (χ4v) is 4.13. The molecule has 30 heavy (non-hydrogen) atoms. The molecule has 0 spiro atoms. The van der Waals surface area contributed by atoms with Crippen molar-refractivity contribution in [2.24, 2.45) is 0 Å². The van der Waals surface area contributed by atoms with Crippen LogP contribution < -0.4 is 10.2 Å². The summed E-state index contributed by atoms with van der Waals surface area (Å²) in [7, 11) is 3.88. The minimum atomic E-state index is 0.118. The van der Waals surface area contributed by atoms with Gasteiger partial charge in [0, 0.05) is 77.2 Å². The summed E-state index contributed by atoms with van der Waals surface area (Å²) in [5.41, 5.74) is 3.05. The number of carbonyl (C=O) groups excluding carboxylic acids is 1. The van der Waals surface area contributed by atoms with Gasteiger partial charge >= 0.3 is 0 Å². The Morgan fingerprint density at radius 1 is 1.23 bits per heavy atom. The average molecular weight is 411 g/mol. The standard InChI is InChI=1S/C22H30N6O2/c1-15(29)28-9-5-17(14-28)21-19(13-24-22(26-21)27(2)3)16-4-8-23-20(12-16)25-18-6-10-30-11-7-18/h4,8,12-13,17-18H,5-7,9-11,14H2,1-3H3,(H,23,25)/t17-/m1/s1. The third-order valence-corrected chi connectivity index (χ3v) is 5.87. The minimum absolute atomic E-state index is 0.118. The highest BCUT2D eigenvalue weighted by Crippen LogP contribution is 2.34. The zero-order valence-electron chi connectivity index (χ0n) is 18.0. The number of ether oxygens (including phenoxy) is 1. The molecule has 0 radical (unpaired) electrons. The molecule has 0 unspecified atom stereocenters. The summed E-state index contributed by atoms with van der Waals surface area (Å²) >= 11 is 0. The van der Waals surface area contributed by atoms with Gasteiger partial charge in [-0.1, -0.05) is 0 Å². The van der Waals surface area contributed by atoms with Gasteiger partial charge in [-0.15, -0.1) is 0 Å². The molecule has 1 atom stereocenters. The van der Waals surface area contributed by atoms with Crippen molar-refractivity contribution in [3.63, 3.8) is 0 Å². The lowest BCUT2D eigenvalue weighted by atomic mass is 9.96. The molecule has 1 amide bonds. The van der Waals surface area contributed by atoms with E-state index in [-0.39, 0.29) is 11.8 Å². The summed E-state index contributed by atoms with van der Waals surface area (Å²) in [6.07, 6.45) is 6.62. The molecule has 0 saturated carbocycles. The molecule has 2 aromatic rings. The number of pyridine rings is 1. The smallest absolute Gasteiger partial charge is 0.225 e. The first kappa shape index (κ1) is 20.5. The molecule has 4 rings (SSSR count). The second-order valence-corrected chi connectivity index (χ2v) is 8.27. The summed E-state index contributed by atoms with van der Waals surface area (Å²) < 4.78 is 5.45. The maximum absolute atomic E-state index is 11.8. The number of amides is 1. The van der Waals surface area contributed by atoms with Crippen LogP contribution in [0.1, 0.15) is 37.8 Å². The Balaban J connectivity index is 1.64. The van der Waals surface area contributed by atoms with Gasteiger partial charge in [-0.3, -0.25) is 4.79 Å². The van der Waals surface area contributed by atoms with E-state index in [0.29, 0.717) is 18.5 Å². The van der Waals surface area contributed by atoms with Crippen molar-refractivity contribution >= 4 is 17.7 Å². The Bertz CT molecular complexity index is 897. The number of carbonyl (C=O) groups is 1. The van der Waals surface area contributed by atoms with Crippen molar-refractivity contribution in [1.29, 1.82) is 0 Å². The van der Waals surface area contributed by atoms with Gasteiger partial charge in [0.1, 0.15) is 5.82 Å². The van der Waals surface area contributed by atoms with Crippen LogP contribution in [0.4, 0.5) is 11.8 Å². The highest BCUT2D eigenvalue weighted by molar-refractivity contribution is 5.74. The van der Waals surface area contributed by atoms with E-state index in [1.165, 1.54) is 0 Å². The first-order valence-corrected chi connectivity index (χ1v) is 10.6. The van der Waals surface area contributed by atoms with Gasteiger partial charge in [0.2, 0.25) is 11.9 Å². The summed E-state index contributed by atoms with van der Waals surface area (Å²) in [5.74, 6) is 1.86. The molecule has 8 nitrogen and oxygen atoms in total. The molecule has 2 aromatic heterocycles. The number of nitrogens with one attached hydrogen (secondary N) is 1. The van der Waals surface area contributed by atoms with Gasteiger partial charge in [0.25, 0.3) is 0 Å². The van der Waals surface area contributed by atoms with Crippen LogP contribution in [0, 0.1) is 0 Å². The summed E-state index contributed by atoms with van der Waals surface area (Å²) in [4.78, 5) is 29.6. The molecule has 0 aliphatic carbocycles. The van der Waals surface area contributed by atoms with Crippen molar-refractivity contribution in [1.82, 2.24) is 19.9 Å². The Morgan fingerprint density at radius 2 is 2.03 bits per heavy atom. The van der Waals surface area contributed by atoms with E-state index in [0.717, 1.165) is 61.7 Å². The molecule has 2 fully saturated rings. The van der Waals surface area contributed by atoms with Crippen LogP contribution in [-0.4, -0.2) is 72.2 Å². The predicted octanol–water partition coefficient (Wildman–Crippen LogP) is 2.53. The third-order valence-electron chi connectivity index (χ3n) is 5.87. The molecule has 1 N–H and O–H groups in total. The van der Waals surface area contributed by atoms with Gasteiger partial charge in [-0.2, -0.15) is 0 Å². The maximum Gasteiger partial charge on any atom is 0.225 e. The van der Waals surface area contributed by atoms with Crippen LogP contribution in [0.15, 0.2) is 24.5 Å². The highest BCUT2D eigenvalue weighted by atomic mass is 16.5. The third kappa shape index (κ3) is 4.53. The van der Waals surface area contributed by atoms with Crippen molar-refractivity contribution in [2.45, 2.75) is 38.1 Å². The van der Waals surface area contributed by atoms with Gasteiger partial charge in [-0.25, -0.2) is 15.0 Å². The maximum atomic E-state index is 11.8. The van der Waals surface area contributed by atoms with Gasteiger partial charge in [0.15, 0.2) is 0 Å². The highest BCUT2D eigenvalue weighted by Gasteiger charge is 2.29. The number of hydrogen-bond acceptors (Lipinski definition) is 7. The number of nitrogens with zero attached hydrogens (tertiary/aromatic N) is 5. The SMILES string of the molecule is CC(=O)N1CC[C@@H](c2nc(N(C)C)ncc2-c2ccnc(NC3CCOCC3)c2)C1. The van der Waals surface area contributed by atoms with Crippen LogP contribution in [-0.2, 0) is 9.53 Å². The van der Waals surface area contributed by atoms with Crippen molar-refractivity contribution < 1.29 is 9.53 Å². The molecule has 2 aliphatic heterocycles. The van der Waals surface area contributed by atoms with E-state index in [2.05, 4.69) is 21.4 Å². The Morgan fingerprint density at radius 3 is 2.73 bits per heavy atom. The normalized spacial score (nSPS) is 19.7. The Hall–Kier alpha value is -2.74. The van der Waals surface area contributed by atoms with E-state index in [1.54, 1.807) is 6.92 Å². The summed E-state index contributed by atoms with van der Waals surface area (Å²) in [6, 6.07) is 4.46. The van der Waals surface area contributed by atoms with E-state index >= 15 is 0 Å². The van der Waals surface area contributed by atoms with E-state index in [4.69, 9.17) is 9.72 Å². The van der Waals surface area contributed by atoms with Crippen LogP contribution in [0.25, 0.3) is 11.1 Å². The summed E-state index contributed by atoms with van der Waals surface area (Å²) in [5, 5.41) is 3.54. The monoisotopic (exact) mass is 410 g/mol. The van der Waals surface area contributed by atoms with Gasteiger partial charge < -0.3 is 19.9 Å². The Labute approximate surface area is 177 Å². The number of anilines is 2. The van der Waals surface area contributed by atoms with E-state index < -0.39 is 0 Å². The van der Waals surface area contributed by atoms with Crippen molar-refractivity contribution in [3.8, 4) is 11.1 Å². The topological polar surface area (TPSA) is 83.5 Å². The van der Waals surface area contributed by atoms with Gasteiger partial charge in [-0.05, 0) is 37.0 Å². The zero-order valence-corrected chi connectivity index (χ0v) is 18.0. The molecule has 160 valence electrons. The molecule has 0 aromatic carbocycles. The largest absolute Gasteiger partial charge is 0.381 e. The number of hydrogen-bond donors (Lipinski definition) is 1. The predicted molar refractivity (Wildman–Crippen MR) is 117 cm³/mol. The van der Waals surface area contributed by atoms with Gasteiger partial charge in [0.05, 0.1) is 5.69 Å². The van der Waals surface area contributed by atoms with Crippen LogP contribution in [0.5, 0.6) is 0 Å². The molecular weight excluding hydrogens is 380 g/mol. The number of aromatic nitrogens is 3. The van der Waals surface area contributed by atoms with Crippen LogP contribution >= 0.6 is 0 Å². The molecule has 0 bridgehead atoms. The minimum Gasteiger partial charge on any atom is -0.381 e. The van der Waals surface area contributed by atoms with E-state index in [9.17, 15) is 4.79 Å². The second kappa shape index (κ2) is 8.95. The lowest BCUT2D eigenvalue weighted by molar-refractivity contribution is -0.127. The van der Waals surface area contributed by atoms with Crippen molar-refractivity contribution in [3.05, 3.63) is 30.2 Å². The van der Waals surface area contributed by atoms with Crippen LogP contribution in [0.3, 0.4) is 0 Å². The second-order valence-electron chi connectivity index (χ2n) is 8.27. The summed E-state index contributed by atoms with van der Waals surface area (Å²) in [6.45, 7) is 4.68. The van der Waals surface area contributed by atoms with Crippen molar-refractivity contribution in [2.75, 3.05) is 50.6 Å². The lowest BCUT2D eigenvalue weighted by Crippen LogP contribution is -2.28. The lowest BCUT2D eigenvalue weighted by Gasteiger charge is -2.24. The average Bonchev–Trinajstić information content (AvgIpc) is 3.25. The van der Waals surface area contributed by atoms with Crippen LogP contribution in [0.2, 0.25) is 0 Å². The molecule has 4 heterocycles. The molecular formula is C22H30N6O2. The first-order chi connectivity index (χ1) is 14.5. The first-order valence-electron chi connectivity index (χ1n) is 10.6. The molecule has 2 aliphatic rings. The number of likely N-dealkylation sites (tertiary alicyclic amines) is 1. The number of rotatable bonds is 5.